The predicted molar refractivity (Wildman–Crippen MR) is 67.3 cm³/mol. The number of carbonyl (C=O) groups is 1. The highest BCUT2D eigenvalue weighted by Gasteiger charge is 2.18. The van der Waals surface area contributed by atoms with Crippen molar-refractivity contribution in [2.45, 2.75) is 40.0 Å². The van der Waals surface area contributed by atoms with E-state index in [0.717, 1.165) is 0 Å². The molecule has 1 aromatic carbocycles. The van der Waals surface area contributed by atoms with Gasteiger partial charge in [-0.05, 0) is 42.4 Å². The summed E-state index contributed by atoms with van der Waals surface area (Å²) in [4.78, 5) is 11.1. The number of carbonyl (C=O) groups excluding carboxylic acids is 1. The number of benzene rings is 1. The molecule has 0 radical (unpaired) electrons. The molecule has 0 aromatic heterocycles. The minimum atomic E-state index is -0.225. The highest BCUT2D eigenvalue weighted by atomic mass is 16.1. The molecule has 0 aliphatic rings. The van der Waals surface area contributed by atoms with Crippen molar-refractivity contribution in [1.29, 1.82) is 0 Å². The number of amides is 1. The summed E-state index contributed by atoms with van der Waals surface area (Å²) >= 11 is 0. The molecule has 0 saturated heterocycles. The van der Waals surface area contributed by atoms with Crippen LogP contribution in [0.25, 0.3) is 0 Å². The van der Waals surface area contributed by atoms with E-state index in [9.17, 15) is 4.79 Å². The first-order valence-electron chi connectivity index (χ1n) is 5.77. The molecule has 2 heteroatoms. The van der Waals surface area contributed by atoms with Crippen molar-refractivity contribution in [1.82, 2.24) is 0 Å². The summed E-state index contributed by atoms with van der Waals surface area (Å²) in [6.45, 7) is 8.45. The summed E-state index contributed by atoms with van der Waals surface area (Å²) in [6, 6.07) is 6.39. The third-order valence-corrected chi connectivity index (χ3v) is 3.18. The predicted octanol–water partition coefficient (Wildman–Crippen LogP) is 2.92. The molecule has 1 atom stereocenters. The molecule has 0 fully saturated rings. The first-order valence-corrected chi connectivity index (χ1v) is 5.77. The fraction of sp³-hybridized carbons (Fsp3) is 0.500. The van der Waals surface area contributed by atoms with Crippen LogP contribution in [0.5, 0.6) is 0 Å². The van der Waals surface area contributed by atoms with E-state index in [-0.39, 0.29) is 11.8 Å². The number of hydrogen-bond acceptors (Lipinski definition) is 1. The van der Waals surface area contributed by atoms with Crippen LogP contribution in [-0.2, 0) is 4.79 Å². The molecular formula is C14H21NO. The molecule has 0 heterocycles. The van der Waals surface area contributed by atoms with Crippen LogP contribution in [-0.4, -0.2) is 5.91 Å². The minimum Gasteiger partial charge on any atom is -0.370 e. The van der Waals surface area contributed by atoms with Crippen LogP contribution in [0.2, 0.25) is 0 Å². The fourth-order valence-electron chi connectivity index (χ4n) is 1.95. The molecule has 1 aromatic rings. The van der Waals surface area contributed by atoms with Crippen molar-refractivity contribution < 1.29 is 4.79 Å². The normalized spacial score (nSPS) is 12.8. The summed E-state index contributed by atoms with van der Waals surface area (Å²) in [5.41, 5.74) is 9.07. The van der Waals surface area contributed by atoms with E-state index < -0.39 is 0 Å². The Morgan fingerprint density at radius 3 is 2.31 bits per heavy atom. The lowest BCUT2D eigenvalue weighted by Crippen LogP contribution is -2.18. The Morgan fingerprint density at radius 1 is 1.25 bits per heavy atom. The second-order valence-electron chi connectivity index (χ2n) is 4.86. The molecular weight excluding hydrogens is 198 g/mol. The van der Waals surface area contributed by atoms with Gasteiger partial charge in [0.05, 0.1) is 0 Å². The fourth-order valence-corrected chi connectivity index (χ4v) is 1.95. The number of nitrogens with two attached hydrogens (primary N) is 1. The molecule has 88 valence electrons. The smallest absolute Gasteiger partial charge is 0.218 e. The quantitative estimate of drug-likeness (QED) is 0.831. The molecule has 1 rings (SSSR count). The van der Waals surface area contributed by atoms with Gasteiger partial charge in [-0.1, -0.05) is 32.0 Å². The Bertz CT molecular complexity index is 382. The van der Waals surface area contributed by atoms with E-state index in [1.165, 1.54) is 16.7 Å². The van der Waals surface area contributed by atoms with Crippen LogP contribution in [0.4, 0.5) is 0 Å². The standard InChI is InChI=1S/C14H21NO/c1-9(2)13(8-14(15)16)12-6-5-10(3)11(4)7-12/h5-7,9,13H,8H2,1-4H3,(H2,15,16). The summed E-state index contributed by atoms with van der Waals surface area (Å²) in [7, 11) is 0. The van der Waals surface area contributed by atoms with Crippen molar-refractivity contribution in [2.75, 3.05) is 0 Å². The Hall–Kier alpha value is -1.31. The lowest BCUT2D eigenvalue weighted by molar-refractivity contribution is -0.118. The Labute approximate surface area is 97.9 Å². The highest BCUT2D eigenvalue weighted by molar-refractivity contribution is 5.74. The molecule has 1 amide bonds. The van der Waals surface area contributed by atoms with Crippen molar-refractivity contribution in [3.8, 4) is 0 Å². The van der Waals surface area contributed by atoms with E-state index in [1.807, 2.05) is 0 Å². The molecule has 0 aliphatic heterocycles. The number of aryl methyl sites for hydroxylation is 2. The average Bonchev–Trinajstić information content (AvgIpc) is 2.18. The highest BCUT2D eigenvalue weighted by Crippen LogP contribution is 2.28. The average molecular weight is 219 g/mol. The Morgan fingerprint density at radius 2 is 1.88 bits per heavy atom. The largest absolute Gasteiger partial charge is 0.370 e. The zero-order valence-corrected chi connectivity index (χ0v) is 10.6. The molecule has 2 N–H and O–H groups in total. The van der Waals surface area contributed by atoms with Crippen molar-refractivity contribution in [3.05, 3.63) is 34.9 Å². The second-order valence-corrected chi connectivity index (χ2v) is 4.86. The van der Waals surface area contributed by atoms with Gasteiger partial charge in [0.2, 0.25) is 5.91 Å². The first-order chi connectivity index (χ1) is 7.41. The van der Waals surface area contributed by atoms with Crippen LogP contribution in [0, 0.1) is 19.8 Å². The summed E-state index contributed by atoms with van der Waals surface area (Å²) in [5.74, 6) is 0.434. The molecule has 0 bridgehead atoms. The maximum atomic E-state index is 11.1. The van der Waals surface area contributed by atoms with Gasteiger partial charge >= 0.3 is 0 Å². The van der Waals surface area contributed by atoms with Gasteiger partial charge in [-0.3, -0.25) is 4.79 Å². The van der Waals surface area contributed by atoms with Crippen LogP contribution in [0.15, 0.2) is 18.2 Å². The van der Waals surface area contributed by atoms with Crippen LogP contribution >= 0.6 is 0 Å². The number of primary amides is 1. The SMILES string of the molecule is Cc1ccc(C(CC(N)=O)C(C)C)cc1C. The van der Waals surface area contributed by atoms with Gasteiger partial charge in [0.25, 0.3) is 0 Å². The maximum absolute atomic E-state index is 11.1. The van der Waals surface area contributed by atoms with Gasteiger partial charge < -0.3 is 5.73 Å². The summed E-state index contributed by atoms with van der Waals surface area (Å²) < 4.78 is 0. The van der Waals surface area contributed by atoms with E-state index >= 15 is 0 Å². The van der Waals surface area contributed by atoms with Crippen molar-refractivity contribution in [2.24, 2.45) is 11.7 Å². The minimum absolute atomic E-state index is 0.225. The van der Waals surface area contributed by atoms with Crippen LogP contribution in [0.3, 0.4) is 0 Å². The van der Waals surface area contributed by atoms with Gasteiger partial charge in [0.15, 0.2) is 0 Å². The molecule has 0 saturated carbocycles. The van der Waals surface area contributed by atoms with Gasteiger partial charge in [-0.2, -0.15) is 0 Å². The first kappa shape index (κ1) is 12.8. The molecule has 16 heavy (non-hydrogen) atoms. The lowest BCUT2D eigenvalue weighted by atomic mass is 9.84. The van der Waals surface area contributed by atoms with Crippen LogP contribution in [0.1, 0.15) is 42.9 Å². The van der Waals surface area contributed by atoms with Crippen molar-refractivity contribution >= 4 is 5.91 Å². The zero-order chi connectivity index (χ0) is 12.3. The third kappa shape index (κ3) is 3.09. The van der Waals surface area contributed by atoms with E-state index in [1.54, 1.807) is 0 Å². The van der Waals surface area contributed by atoms with E-state index in [2.05, 4.69) is 45.9 Å². The summed E-state index contributed by atoms with van der Waals surface area (Å²) in [6.07, 6.45) is 0.431. The number of hydrogen-bond donors (Lipinski definition) is 1. The van der Waals surface area contributed by atoms with Gasteiger partial charge in [-0.25, -0.2) is 0 Å². The zero-order valence-electron chi connectivity index (χ0n) is 10.6. The maximum Gasteiger partial charge on any atom is 0.218 e. The Balaban J connectivity index is 3.01. The van der Waals surface area contributed by atoms with Crippen molar-refractivity contribution in [3.63, 3.8) is 0 Å². The van der Waals surface area contributed by atoms with Gasteiger partial charge in [0.1, 0.15) is 0 Å². The topological polar surface area (TPSA) is 43.1 Å². The Kier molecular flexibility index (Phi) is 4.11. The van der Waals surface area contributed by atoms with Gasteiger partial charge in [0, 0.05) is 6.42 Å². The van der Waals surface area contributed by atoms with E-state index in [4.69, 9.17) is 5.73 Å². The number of rotatable bonds is 4. The lowest BCUT2D eigenvalue weighted by Gasteiger charge is -2.20. The van der Waals surface area contributed by atoms with Crippen LogP contribution < -0.4 is 5.73 Å². The molecule has 2 nitrogen and oxygen atoms in total. The molecule has 0 spiro atoms. The second kappa shape index (κ2) is 5.15. The summed E-state index contributed by atoms with van der Waals surface area (Å²) in [5, 5.41) is 0. The monoisotopic (exact) mass is 219 g/mol. The third-order valence-electron chi connectivity index (χ3n) is 3.18. The van der Waals surface area contributed by atoms with Gasteiger partial charge in [-0.15, -0.1) is 0 Å². The molecule has 0 aliphatic carbocycles. The molecule has 1 unspecified atom stereocenters. The van der Waals surface area contributed by atoms with E-state index in [0.29, 0.717) is 12.3 Å².